The average molecular weight is 317 g/mol. The molecule has 0 radical (unpaired) electrons. The molecule has 1 aromatic rings. The monoisotopic (exact) mass is 316 g/mol. The van der Waals surface area contributed by atoms with Gasteiger partial charge in [0.2, 0.25) is 0 Å². The van der Waals surface area contributed by atoms with Gasteiger partial charge >= 0.3 is 5.97 Å². The third-order valence-electron chi connectivity index (χ3n) is 2.48. The molecule has 1 rings (SSSR count). The SMILES string of the molecule is CCOC(=O)C(CCSc1ncccc1Cl)NC(C)C. The lowest BCUT2D eigenvalue weighted by molar-refractivity contribution is -0.145. The van der Waals surface area contributed by atoms with E-state index in [2.05, 4.69) is 10.3 Å². The van der Waals surface area contributed by atoms with Crippen molar-refractivity contribution >= 4 is 29.3 Å². The molecule has 0 aliphatic heterocycles. The molecule has 0 spiro atoms. The van der Waals surface area contributed by atoms with E-state index in [0.717, 1.165) is 10.8 Å². The Kier molecular flexibility index (Phi) is 7.95. The quantitative estimate of drug-likeness (QED) is 0.590. The highest BCUT2D eigenvalue weighted by molar-refractivity contribution is 7.99. The van der Waals surface area contributed by atoms with Crippen molar-refractivity contribution in [3.63, 3.8) is 0 Å². The van der Waals surface area contributed by atoms with Crippen LogP contribution in [0.3, 0.4) is 0 Å². The molecule has 6 heteroatoms. The lowest BCUT2D eigenvalue weighted by Gasteiger charge is -2.19. The number of carbonyl (C=O) groups is 1. The number of carbonyl (C=O) groups excluding carboxylic acids is 1. The number of thioether (sulfide) groups is 1. The second-order valence-corrected chi connectivity index (χ2v) is 6.04. The summed E-state index contributed by atoms with van der Waals surface area (Å²) in [6.07, 6.45) is 2.39. The van der Waals surface area contributed by atoms with Crippen LogP contribution in [0.15, 0.2) is 23.4 Å². The number of pyridine rings is 1. The van der Waals surface area contributed by atoms with Gasteiger partial charge in [-0.15, -0.1) is 11.8 Å². The molecule has 1 aromatic heterocycles. The summed E-state index contributed by atoms with van der Waals surface area (Å²) in [4.78, 5) is 16.1. The first-order chi connectivity index (χ1) is 9.54. The lowest BCUT2D eigenvalue weighted by Crippen LogP contribution is -2.42. The van der Waals surface area contributed by atoms with Gasteiger partial charge < -0.3 is 10.1 Å². The van der Waals surface area contributed by atoms with Crippen LogP contribution in [0.25, 0.3) is 0 Å². The Morgan fingerprint density at radius 3 is 2.90 bits per heavy atom. The normalized spacial score (nSPS) is 12.4. The Hall–Kier alpha value is -0.780. The van der Waals surface area contributed by atoms with Gasteiger partial charge in [0, 0.05) is 18.0 Å². The number of hydrogen-bond acceptors (Lipinski definition) is 5. The molecule has 112 valence electrons. The van der Waals surface area contributed by atoms with E-state index < -0.39 is 0 Å². The van der Waals surface area contributed by atoms with Gasteiger partial charge in [0.25, 0.3) is 0 Å². The van der Waals surface area contributed by atoms with Gasteiger partial charge in [-0.05, 0) is 25.5 Å². The van der Waals surface area contributed by atoms with Crippen molar-refractivity contribution in [2.75, 3.05) is 12.4 Å². The largest absolute Gasteiger partial charge is 0.465 e. The third kappa shape index (κ3) is 6.11. The Balaban J connectivity index is 2.49. The van der Waals surface area contributed by atoms with Crippen LogP contribution in [0, 0.1) is 0 Å². The highest BCUT2D eigenvalue weighted by Crippen LogP contribution is 2.24. The molecule has 0 aliphatic rings. The number of esters is 1. The number of rotatable bonds is 8. The molecule has 0 aliphatic carbocycles. The Morgan fingerprint density at radius 1 is 1.55 bits per heavy atom. The number of halogens is 1. The van der Waals surface area contributed by atoms with E-state index in [1.54, 1.807) is 24.0 Å². The summed E-state index contributed by atoms with van der Waals surface area (Å²) >= 11 is 7.59. The number of aromatic nitrogens is 1. The molecule has 0 bridgehead atoms. The fourth-order valence-electron chi connectivity index (χ4n) is 1.67. The van der Waals surface area contributed by atoms with Crippen LogP contribution >= 0.6 is 23.4 Å². The zero-order chi connectivity index (χ0) is 15.0. The first-order valence-electron chi connectivity index (χ1n) is 6.70. The van der Waals surface area contributed by atoms with E-state index in [-0.39, 0.29) is 18.1 Å². The van der Waals surface area contributed by atoms with Crippen LogP contribution in [-0.2, 0) is 9.53 Å². The van der Waals surface area contributed by atoms with Crippen molar-refractivity contribution in [3.8, 4) is 0 Å². The van der Waals surface area contributed by atoms with Crippen LogP contribution in [0.1, 0.15) is 27.2 Å². The number of hydrogen-bond donors (Lipinski definition) is 1. The maximum atomic E-state index is 11.9. The molecule has 1 unspecified atom stereocenters. The molecule has 0 saturated carbocycles. The van der Waals surface area contributed by atoms with Crippen LogP contribution < -0.4 is 5.32 Å². The first kappa shape index (κ1) is 17.3. The van der Waals surface area contributed by atoms with Gasteiger partial charge in [0.15, 0.2) is 0 Å². The molecule has 1 N–H and O–H groups in total. The van der Waals surface area contributed by atoms with Crippen LogP contribution in [0.2, 0.25) is 5.02 Å². The molecule has 0 fully saturated rings. The van der Waals surface area contributed by atoms with E-state index in [0.29, 0.717) is 18.1 Å². The zero-order valence-electron chi connectivity index (χ0n) is 12.1. The van der Waals surface area contributed by atoms with Crippen LogP contribution in [-0.4, -0.2) is 35.4 Å². The summed E-state index contributed by atoms with van der Waals surface area (Å²) < 4.78 is 5.08. The molecule has 0 amide bonds. The topological polar surface area (TPSA) is 51.2 Å². The standard InChI is InChI=1S/C14H21ClN2O2S/c1-4-19-14(18)12(17-10(2)3)7-9-20-13-11(15)6-5-8-16-13/h5-6,8,10,12,17H,4,7,9H2,1-3H3. The minimum absolute atomic E-state index is 0.200. The second kappa shape index (κ2) is 9.21. The molecule has 1 atom stereocenters. The van der Waals surface area contributed by atoms with Gasteiger partial charge in [-0.3, -0.25) is 4.79 Å². The Bertz CT molecular complexity index is 429. The summed E-state index contributed by atoms with van der Waals surface area (Å²) in [5, 5.41) is 4.66. The zero-order valence-corrected chi connectivity index (χ0v) is 13.6. The maximum absolute atomic E-state index is 11.9. The van der Waals surface area contributed by atoms with Crippen molar-refractivity contribution in [1.82, 2.24) is 10.3 Å². The predicted octanol–water partition coefficient (Wildman–Crippen LogP) is 3.15. The lowest BCUT2D eigenvalue weighted by atomic mass is 10.2. The summed E-state index contributed by atoms with van der Waals surface area (Å²) in [5.41, 5.74) is 0. The van der Waals surface area contributed by atoms with E-state index in [1.807, 2.05) is 26.8 Å². The second-order valence-electron chi connectivity index (χ2n) is 4.55. The van der Waals surface area contributed by atoms with Crippen molar-refractivity contribution in [2.45, 2.75) is 44.3 Å². The van der Waals surface area contributed by atoms with Crippen molar-refractivity contribution in [1.29, 1.82) is 0 Å². The molecule has 0 aromatic carbocycles. The summed E-state index contributed by atoms with van der Waals surface area (Å²) in [6, 6.07) is 3.55. The number of nitrogens with zero attached hydrogens (tertiary/aromatic N) is 1. The van der Waals surface area contributed by atoms with E-state index in [9.17, 15) is 4.79 Å². The minimum Gasteiger partial charge on any atom is -0.465 e. The van der Waals surface area contributed by atoms with Crippen molar-refractivity contribution in [2.24, 2.45) is 0 Å². The van der Waals surface area contributed by atoms with Gasteiger partial charge in [0.05, 0.1) is 11.6 Å². The van der Waals surface area contributed by atoms with Gasteiger partial charge in [-0.25, -0.2) is 4.98 Å². The first-order valence-corrected chi connectivity index (χ1v) is 8.07. The van der Waals surface area contributed by atoms with Crippen LogP contribution in [0.4, 0.5) is 0 Å². The smallest absolute Gasteiger partial charge is 0.323 e. The van der Waals surface area contributed by atoms with Crippen molar-refractivity contribution < 1.29 is 9.53 Å². The van der Waals surface area contributed by atoms with E-state index >= 15 is 0 Å². The highest BCUT2D eigenvalue weighted by atomic mass is 35.5. The molecule has 20 heavy (non-hydrogen) atoms. The molecular formula is C14H21ClN2O2S. The van der Waals surface area contributed by atoms with Gasteiger partial charge in [-0.2, -0.15) is 0 Å². The number of nitrogens with one attached hydrogen (secondary N) is 1. The number of ether oxygens (including phenoxy) is 1. The molecule has 1 heterocycles. The molecular weight excluding hydrogens is 296 g/mol. The van der Waals surface area contributed by atoms with Gasteiger partial charge in [0.1, 0.15) is 11.1 Å². The fraction of sp³-hybridized carbons (Fsp3) is 0.571. The summed E-state index contributed by atoms with van der Waals surface area (Å²) in [7, 11) is 0. The fourth-order valence-corrected chi connectivity index (χ4v) is 2.84. The van der Waals surface area contributed by atoms with Gasteiger partial charge in [-0.1, -0.05) is 25.4 Å². The predicted molar refractivity (Wildman–Crippen MR) is 83.3 cm³/mol. The highest BCUT2D eigenvalue weighted by Gasteiger charge is 2.20. The maximum Gasteiger partial charge on any atom is 0.323 e. The summed E-state index contributed by atoms with van der Waals surface area (Å²) in [5.74, 6) is 0.550. The Morgan fingerprint density at radius 2 is 2.30 bits per heavy atom. The molecule has 4 nitrogen and oxygen atoms in total. The van der Waals surface area contributed by atoms with Crippen molar-refractivity contribution in [3.05, 3.63) is 23.4 Å². The molecule has 0 saturated heterocycles. The summed E-state index contributed by atoms with van der Waals surface area (Å²) in [6.45, 7) is 6.23. The Labute approximate surface area is 129 Å². The van der Waals surface area contributed by atoms with E-state index in [1.165, 1.54) is 0 Å². The minimum atomic E-state index is -0.287. The van der Waals surface area contributed by atoms with Crippen LogP contribution in [0.5, 0.6) is 0 Å². The average Bonchev–Trinajstić information content (AvgIpc) is 2.39. The van der Waals surface area contributed by atoms with E-state index in [4.69, 9.17) is 16.3 Å². The third-order valence-corrected chi connectivity index (χ3v) is 3.93.